The van der Waals surface area contributed by atoms with Crippen LogP contribution < -0.4 is 15.5 Å². The Balaban J connectivity index is 1.05. The number of piperazine rings is 1. The van der Waals surface area contributed by atoms with Crippen LogP contribution in [0.15, 0.2) is 54.9 Å². The maximum Gasteiger partial charge on any atom is 0.264 e. The van der Waals surface area contributed by atoms with Crippen molar-refractivity contribution in [2.75, 3.05) is 36.4 Å². The molecule has 0 aliphatic carbocycles. The Bertz CT molecular complexity index is 1520. The third-order valence-electron chi connectivity index (χ3n) is 7.82. The minimum Gasteiger partial charge on any atom is -0.380 e. The van der Waals surface area contributed by atoms with Crippen LogP contribution in [0.3, 0.4) is 0 Å². The molecule has 3 aliphatic heterocycles. The minimum absolute atomic E-state index is 0.0870. The summed E-state index contributed by atoms with van der Waals surface area (Å²) < 4.78 is 0. The standard InChI is InChI=1S/C30H31N7O4/c1-19-15-31-17-25(33-19)36-13-11-35(12-14-36)18-21-7-5-20(6-8-21)16-32-23-4-2-3-22-27(23)30(41)37(29(22)40)24-9-10-26(38)34-28(24)39/h2-8,15,17,24,32H,9-14,16,18H2,1H3,(H,34,38,39). The molecule has 1 unspecified atom stereocenters. The van der Waals surface area contributed by atoms with Crippen molar-refractivity contribution < 1.29 is 19.2 Å². The van der Waals surface area contributed by atoms with E-state index in [9.17, 15) is 19.2 Å². The topological polar surface area (TPSA) is 128 Å². The number of aromatic nitrogens is 2. The Morgan fingerprint density at radius 2 is 1.68 bits per heavy atom. The van der Waals surface area contributed by atoms with E-state index >= 15 is 0 Å². The summed E-state index contributed by atoms with van der Waals surface area (Å²) in [7, 11) is 0. The number of aryl methyl sites for hydroxylation is 1. The Hall–Kier alpha value is -4.64. The van der Waals surface area contributed by atoms with Gasteiger partial charge in [0.1, 0.15) is 11.9 Å². The highest BCUT2D eigenvalue weighted by atomic mass is 16.2. The van der Waals surface area contributed by atoms with E-state index in [1.54, 1.807) is 24.4 Å². The molecule has 1 atom stereocenters. The highest BCUT2D eigenvalue weighted by molar-refractivity contribution is 6.25. The molecule has 2 N–H and O–H groups in total. The number of hydrogen-bond acceptors (Lipinski definition) is 9. The van der Waals surface area contributed by atoms with Crippen LogP contribution in [0.1, 0.15) is 50.4 Å². The van der Waals surface area contributed by atoms with Crippen LogP contribution in [0.4, 0.5) is 11.5 Å². The summed E-state index contributed by atoms with van der Waals surface area (Å²) >= 11 is 0. The molecule has 3 aromatic rings. The van der Waals surface area contributed by atoms with Gasteiger partial charge in [-0.2, -0.15) is 0 Å². The molecule has 0 saturated carbocycles. The van der Waals surface area contributed by atoms with Gasteiger partial charge in [-0.15, -0.1) is 0 Å². The lowest BCUT2D eigenvalue weighted by Crippen LogP contribution is -2.54. The third kappa shape index (κ3) is 5.40. The predicted molar refractivity (Wildman–Crippen MR) is 151 cm³/mol. The van der Waals surface area contributed by atoms with E-state index in [0.29, 0.717) is 12.2 Å². The van der Waals surface area contributed by atoms with Gasteiger partial charge in [0.2, 0.25) is 11.8 Å². The number of nitrogens with zero attached hydrogens (tertiary/aromatic N) is 5. The molecule has 2 aromatic carbocycles. The van der Waals surface area contributed by atoms with Crippen molar-refractivity contribution in [1.29, 1.82) is 0 Å². The number of amides is 4. The van der Waals surface area contributed by atoms with E-state index in [0.717, 1.165) is 54.7 Å². The van der Waals surface area contributed by atoms with Crippen molar-refractivity contribution in [3.8, 4) is 0 Å². The number of anilines is 2. The maximum atomic E-state index is 13.3. The lowest BCUT2D eigenvalue weighted by atomic mass is 10.0. The predicted octanol–water partition coefficient (Wildman–Crippen LogP) is 2.12. The molecule has 2 saturated heterocycles. The quantitative estimate of drug-likeness (QED) is 0.423. The first-order valence-electron chi connectivity index (χ1n) is 13.8. The SMILES string of the molecule is Cc1cncc(N2CCN(Cc3ccc(CNc4cccc5c4C(=O)N(C4CCC(=O)NC4=O)C5=O)cc3)CC2)n1. The van der Waals surface area contributed by atoms with E-state index < -0.39 is 29.7 Å². The maximum absolute atomic E-state index is 13.3. The van der Waals surface area contributed by atoms with Crippen molar-refractivity contribution in [2.24, 2.45) is 0 Å². The largest absolute Gasteiger partial charge is 0.380 e. The van der Waals surface area contributed by atoms with Gasteiger partial charge >= 0.3 is 0 Å². The van der Waals surface area contributed by atoms with Crippen LogP contribution in [0.5, 0.6) is 0 Å². The zero-order valence-electron chi connectivity index (χ0n) is 22.8. The smallest absolute Gasteiger partial charge is 0.264 e. The number of piperidine rings is 1. The Morgan fingerprint density at radius 1 is 0.927 bits per heavy atom. The van der Waals surface area contributed by atoms with Gasteiger partial charge in [-0.25, -0.2) is 4.98 Å². The number of imide groups is 2. The zero-order chi connectivity index (χ0) is 28.5. The molecule has 3 aliphatic rings. The van der Waals surface area contributed by atoms with Gasteiger partial charge < -0.3 is 10.2 Å². The molecule has 0 spiro atoms. The Labute approximate surface area is 237 Å². The number of hydrogen-bond donors (Lipinski definition) is 2. The fraction of sp³-hybridized carbons (Fsp3) is 0.333. The monoisotopic (exact) mass is 553 g/mol. The molecule has 4 amide bonds. The van der Waals surface area contributed by atoms with E-state index in [2.05, 4.69) is 54.7 Å². The lowest BCUT2D eigenvalue weighted by Gasteiger charge is -2.35. The number of nitrogens with one attached hydrogen (secondary N) is 2. The van der Waals surface area contributed by atoms with Crippen molar-refractivity contribution in [3.05, 3.63) is 82.8 Å². The van der Waals surface area contributed by atoms with Crippen LogP contribution in [-0.4, -0.2) is 75.6 Å². The highest BCUT2D eigenvalue weighted by Crippen LogP contribution is 2.32. The van der Waals surface area contributed by atoms with Gasteiger partial charge in [-0.05, 0) is 36.6 Å². The normalized spacial score (nSPS) is 19.4. The second kappa shape index (κ2) is 11.1. The van der Waals surface area contributed by atoms with Crippen LogP contribution in [-0.2, 0) is 22.7 Å². The van der Waals surface area contributed by atoms with Gasteiger partial charge in [0.15, 0.2) is 0 Å². The van der Waals surface area contributed by atoms with Gasteiger partial charge in [-0.1, -0.05) is 30.3 Å². The van der Waals surface area contributed by atoms with Crippen molar-refractivity contribution >= 4 is 35.1 Å². The molecule has 0 bridgehead atoms. The first-order valence-corrected chi connectivity index (χ1v) is 13.8. The molecule has 11 heteroatoms. The summed E-state index contributed by atoms with van der Waals surface area (Å²) in [6.45, 7) is 6.98. The molecule has 41 heavy (non-hydrogen) atoms. The van der Waals surface area contributed by atoms with Crippen LogP contribution in [0.25, 0.3) is 0 Å². The summed E-state index contributed by atoms with van der Waals surface area (Å²) in [4.78, 5) is 64.8. The summed E-state index contributed by atoms with van der Waals surface area (Å²) in [5, 5.41) is 5.52. The Morgan fingerprint density at radius 3 is 2.41 bits per heavy atom. The van der Waals surface area contributed by atoms with Gasteiger partial charge in [0.05, 0.1) is 23.0 Å². The zero-order valence-corrected chi connectivity index (χ0v) is 22.8. The highest BCUT2D eigenvalue weighted by Gasteiger charge is 2.45. The van der Waals surface area contributed by atoms with Crippen molar-refractivity contribution in [2.45, 2.75) is 38.9 Å². The van der Waals surface area contributed by atoms with Crippen molar-refractivity contribution in [1.82, 2.24) is 25.1 Å². The van der Waals surface area contributed by atoms with Crippen LogP contribution in [0.2, 0.25) is 0 Å². The molecule has 11 nitrogen and oxygen atoms in total. The Kier molecular flexibility index (Phi) is 7.19. The van der Waals surface area contributed by atoms with Crippen LogP contribution >= 0.6 is 0 Å². The summed E-state index contributed by atoms with van der Waals surface area (Å²) in [5.74, 6) is -1.12. The van der Waals surface area contributed by atoms with E-state index in [4.69, 9.17) is 0 Å². The second-order valence-electron chi connectivity index (χ2n) is 10.6. The first-order chi connectivity index (χ1) is 19.9. The fourth-order valence-corrected chi connectivity index (χ4v) is 5.62. The van der Waals surface area contributed by atoms with E-state index in [-0.39, 0.29) is 24.0 Å². The molecular formula is C30H31N7O4. The van der Waals surface area contributed by atoms with Crippen molar-refractivity contribution in [3.63, 3.8) is 0 Å². The first kappa shape index (κ1) is 26.6. The molecule has 4 heterocycles. The molecule has 0 radical (unpaired) electrons. The third-order valence-corrected chi connectivity index (χ3v) is 7.82. The minimum atomic E-state index is -0.986. The van der Waals surface area contributed by atoms with Gasteiger partial charge in [-0.3, -0.25) is 39.3 Å². The molecular weight excluding hydrogens is 522 g/mol. The van der Waals surface area contributed by atoms with Gasteiger partial charge in [0, 0.05) is 57.6 Å². The molecule has 2 fully saturated rings. The number of carbonyl (C=O) groups is 4. The molecule has 1 aromatic heterocycles. The summed E-state index contributed by atoms with van der Waals surface area (Å²) in [6, 6.07) is 12.4. The van der Waals surface area contributed by atoms with E-state index in [1.165, 1.54) is 5.56 Å². The average Bonchev–Trinajstić information content (AvgIpc) is 3.23. The summed E-state index contributed by atoms with van der Waals surface area (Å²) in [6.07, 6.45) is 3.80. The fourth-order valence-electron chi connectivity index (χ4n) is 5.62. The lowest BCUT2D eigenvalue weighted by molar-refractivity contribution is -0.136. The van der Waals surface area contributed by atoms with Crippen LogP contribution in [0, 0.1) is 6.92 Å². The molecule has 210 valence electrons. The number of benzene rings is 2. The summed E-state index contributed by atoms with van der Waals surface area (Å²) in [5.41, 5.74) is 4.23. The number of fused-ring (bicyclic) bond motifs is 1. The van der Waals surface area contributed by atoms with Gasteiger partial charge in [0.25, 0.3) is 11.8 Å². The number of rotatable bonds is 7. The van der Waals surface area contributed by atoms with E-state index in [1.807, 2.05) is 13.1 Å². The number of carbonyl (C=O) groups excluding carboxylic acids is 4. The molecule has 6 rings (SSSR count). The average molecular weight is 554 g/mol. The second-order valence-corrected chi connectivity index (χ2v) is 10.6.